The van der Waals surface area contributed by atoms with E-state index in [4.69, 9.17) is 32.0 Å². The molecule has 4 unspecified atom stereocenters. The van der Waals surface area contributed by atoms with Crippen LogP contribution in [0, 0.1) is 17.1 Å². The number of benzene rings is 1. The molecule has 0 saturated carbocycles. The molecule has 2 saturated heterocycles. The van der Waals surface area contributed by atoms with E-state index in [9.17, 15) is 29.4 Å². The number of aliphatic hydroxyl groups is 1. The highest BCUT2D eigenvalue weighted by Crippen LogP contribution is 2.58. The monoisotopic (exact) mass is 951 g/mol. The molecule has 0 radical (unpaired) electrons. The lowest BCUT2D eigenvalue weighted by molar-refractivity contribution is -0.109. The first-order valence-corrected chi connectivity index (χ1v) is 25.3. The van der Waals surface area contributed by atoms with Crippen LogP contribution in [0.3, 0.4) is 0 Å². The largest absolute Gasteiger partial charge is 0.477 e. The summed E-state index contributed by atoms with van der Waals surface area (Å²) in [6.07, 6.45) is -6.35. The second-order valence-corrected chi connectivity index (χ2v) is 23.4. The van der Waals surface area contributed by atoms with Crippen LogP contribution in [0.25, 0.3) is 22.2 Å². The van der Waals surface area contributed by atoms with Gasteiger partial charge in [0.1, 0.15) is 36.1 Å². The Balaban J connectivity index is 1.25. The Kier molecular flexibility index (Phi) is 13.8. The molecule has 22 nitrogen and oxygen atoms in total. The maximum absolute atomic E-state index is 16.5. The average Bonchev–Trinajstić information content (AvgIpc) is 4.00. The van der Waals surface area contributed by atoms with Crippen molar-refractivity contribution in [1.82, 2.24) is 34.1 Å². The zero-order valence-corrected chi connectivity index (χ0v) is 37.8. The summed E-state index contributed by atoms with van der Waals surface area (Å²) in [6.45, 7) is 6.69. The number of rotatable bonds is 17. The molecule has 64 heavy (non-hydrogen) atoms. The minimum absolute atomic E-state index is 0.0223. The Labute approximate surface area is 364 Å². The Bertz CT molecular complexity index is 2680. The van der Waals surface area contributed by atoms with Gasteiger partial charge in [0.15, 0.2) is 49.2 Å². The van der Waals surface area contributed by atoms with Crippen molar-refractivity contribution in [1.29, 1.82) is 5.26 Å². The summed E-state index contributed by atoms with van der Waals surface area (Å²) < 4.78 is 103. The number of amides is 1. The third-order valence-electron chi connectivity index (χ3n) is 11.2. The zero-order chi connectivity index (χ0) is 46.2. The molecule has 5 aromatic rings. The molecule has 2 aliphatic heterocycles. The molecule has 2 aliphatic rings. The molecular formula is C37H45F2N9O13P2Si. The van der Waals surface area contributed by atoms with Crippen molar-refractivity contribution in [2.75, 3.05) is 31.7 Å². The van der Waals surface area contributed by atoms with E-state index < -0.39 is 121 Å². The van der Waals surface area contributed by atoms with E-state index in [0.717, 1.165) is 34.3 Å². The summed E-state index contributed by atoms with van der Waals surface area (Å²) >= 11 is 0. The number of hydrogen-bond acceptors (Lipinski definition) is 17. The smallest absolute Gasteiger partial charge is 0.406 e. The van der Waals surface area contributed by atoms with Crippen LogP contribution in [0.1, 0.15) is 43.8 Å². The number of imidazole rings is 1. The van der Waals surface area contributed by atoms with Gasteiger partial charge in [0.05, 0.1) is 51.6 Å². The van der Waals surface area contributed by atoms with Gasteiger partial charge in [-0.05, 0) is 30.3 Å². The van der Waals surface area contributed by atoms with E-state index >= 15 is 13.3 Å². The number of ether oxygens (including phenoxy) is 2. The number of halogens is 2. The van der Waals surface area contributed by atoms with Gasteiger partial charge < -0.3 is 38.7 Å². The van der Waals surface area contributed by atoms with Crippen LogP contribution in [0.5, 0.6) is 0 Å². The number of hydrogen-bond donors (Lipinski definition) is 4. The van der Waals surface area contributed by atoms with Gasteiger partial charge >= 0.3 is 16.1 Å². The van der Waals surface area contributed by atoms with Gasteiger partial charge in [0.2, 0.25) is 5.72 Å². The van der Waals surface area contributed by atoms with Gasteiger partial charge in [-0.25, -0.2) is 33.3 Å². The van der Waals surface area contributed by atoms with Crippen LogP contribution in [0.15, 0.2) is 60.3 Å². The molecule has 1 amide bonds. The molecule has 4 aromatic heterocycles. The SMILES string of the molecule is CC(C)(C)[Si](C)(C)OC1[C@@H](CO)OC[C@]1(OP(=O)(OCCC#N)OCC1O[C@@H](n2cnc3c(NC(=O)c4ccccc4)ncnc32)[C@H](F)[C@@H]1O[PH](=O)O)n1cc(F)c2c(=O)[nH]cnc21. The fourth-order valence-corrected chi connectivity index (χ4v) is 10.3. The second-order valence-electron chi connectivity index (χ2n) is 16.3. The third kappa shape index (κ3) is 9.24. The Morgan fingerprint density at radius 2 is 1.92 bits per heavy atom. The van der Waals surface area contributed by atoms with Gasteiger partial charge in [0.25, 0.3) is 11.5 Å². The predicted octanol–water partition coefficient (Wildman–Crippen LogP) is 4.46. The summed E-state index contributed by atoms with van der Waals surface area (Å²) in [5, 5.41) is 21.6. The summed E-state index contributed by atoms with van der Waals surface area (Å²) in [7, 11) is -12.0. The van der Waals surface area contributed by atoms with Crippen molar-refractivity contribution in [2.45, 2.75) is 87.9 Å². The number of phosphoric ester groups is 1. The minimum atomic E-state index is -5.19. The molecule has 6 heterocycles. The second kappa shape index (κ2) is 18.7. The molecule has 0 aliphatic carbocycles. The third-order valence-corrected chi connectivity index (χ3v) is 17.6. The number of anilines is 1. The number of nitrogens with zero attached hydrogens (tertiary/aromatic N) is 7. The molecule has 0 bridgehead atoms. The Morgan fingerprint density at radius 1 is 1.17 bits per heavy atom. The lowest BCUT2D eigenvalue weighted by Gasteiger charge is -2.44. The highest BCUT2D eigenvalue weighted by atomic mass is 31.2. The molecule has 0 spiro atoms. The maximum Gasteiger partial charge on any atom is 0.477 e. The van der Waals surface area contributed by atoms with Crippen LogP contribution in [-0.2, 0) is 46.8 Å². The Morgan fingerprint density at radius 3 is 2.61 bits per heavy atom. The number of fused-ring (bicyclic) bond motifs is 2. The predicted molar refractivity (Wildman–Crippen MR) is 223 cm³/mol. The minimum Gasteiger partial charge on any atom is -0.406 e. The van der Waals surface area contributed by atoms with E-state index in [-0.39, 0.29) is 29.0 Å². The summed E-state index contributed by atoms with van der Waals surface area (Å²) in [4.78, 5) is 54.7. The molecule has 344 valence electrons. The van der Waals surface area contributed by atoms with Gasteiger partial charge in [0, 0.05) is 11.8 Å². The molecule has 2 fully saturated rings. The summed E-state index contributed by atoms with van der Waals surface area (Å²) in [5.74, 6) is -1.60. The molecule has 27 heteroatoms. The van der Waals surface area contributed by atoms with Crippen molar-refractivity contribution in [3.05, 3.63) is 77.2 Å². The van der Waals surface area contributed by atoms with Crippen LogP contribution in [0.4, 0.5) is 14.6 Å². The van der Waals surface area contributed by atoms with Crippen molar-refractivity contribution in [3.63, 3.8) is 0 Å². The quantitative estimate of drug-likeness (QED) is 0.0568. The maximum atomic E-state index is 16.5. The average molecular weight is 952 g/mol. The lowest BCUT2D eigenvalue weighted by atomic mass is 10.1. The number of nitrogens with one attached hydrogen (secondary N) is 2. The number of H-pyrrole nitrogens is 1. The topological polar surface area (TPSA) is 286 Å². The van der Waals surface area contributed by atoms with E-state index in [1.807, 2.05) is 39.9 Å². The number of carbonyl (C=O) groups is 1. The van der Waals surface area contributed by atoms with E-state index in [1.165, 1.54) is 0 Å². The summed E-state index contributed by atoms with van der Waals surface area (Å²) in [5.41, 5.74) is -3.15. The molecule has 7 rings (SSSR count). The van der Waals surface area contributed by atoms with Crippen molar-refractivity contribution >= 4 is 58.3 Å². The molecule has 9 atom stereocenters. The Hall–Kier alpha value is -4.67. The number of nitriles is 1. The molecular weight excluding hydrogens is 906 g/mol. The van der Waals surface area contributed by atoms with Crippen LogP contribution < -0.4 is 10.9 Å². The number of aliphatic hydroxyl groups excluding tert-OH is 1. The van der Waals surface area contributed by atoms with E-state index in [1.54, 1.807) is 30.3 Å². The van der Waals surface area contributed by atoms with Gasteiger partial charge in [-0.1, -0.05) is 39.0 Å². The zero-order valence-electron chi connectivity index (χ0n) is 34.9. The van der Waals surface area contributed by atoms with Crippen molar-refractivity contribution < 1.29 is 64.7 Å². The van der Waals surface area contributed by atoms with Crippen molar-refractivity contribution in [2.24, 2.45) is 0 Å². The number of aromatic nitrogens is 7. The highest BCUT2D eigenvalue weighted by Gasteiger charge is 2.61. The fraction of sp³-hybridized carbons (Fsp3) is 0.486. The van der Waals surface area contributed by atoms with Gasteiger partial charge in [-0.3, -0.25) is 36.9 Å². The van der Waals surface area contributed by atoms with Crippen molar-refractivity contribution in [3.8, 4) is 6.07 Å². The number of phosphoric acid groups is 1. The first kappa shape index (κ1) is 47.3. The number of alkyl halides is 1. The summed E-state index contributed by atoms with van der Waals surface area (Å²) in [6, 6.07) is 10.1. The molecule has 4 N–H and O–H groups in total. The number of carbonyl (C=O) groups excluding carboxylic acids is 1. The fourth-order valence-electron chi connectivity index (χ4n) is 7.00. The van der Waals surface area contributed by atoms with Crippen LogP contribution in [0.2, 0.25) is 18.1 Å². The van der Waals surface area contributed by atoms with Gasteiger partial charge in [-0.2, -0.15) is 5.26 Å². The first-order valence-electron chi connectivity index (χ1n) is 19.7. The standard InChI is InChI=1S/C37H45F2N9O13P2Si/c1-36(2,3)64(4,5)60-29-23(15-49)55-17-37(29,48-14-22(38)25-31(48)42-19-44-34(25)51)61-63(54,56-13-9-12-40)57-16-24-28(59-62(52)53)26(39)35(58-24)47-20-45-27-30(41-18-43-32(27)47)46-33(50)21-10-7-6-8-11-21/h6-8,10-11,14,18-20,23-24,26,28-29,35,49,62H,9,13,15-17H2,1-5H3,(H,52,53)(H,42,44,51)(H,41,43,46,50)/t23-,24?,26-,28-,29?,35-,37-,63?/m1/s1. The van der Waals surface area contributed by atoms with Crippen LogP contribution >= 0.6 is 16.1 Å². The van der Waals surface area contributed by atoms with E-state index in [2.05, 4.69) is 30.2 Å². The van der Waals surface area contributed by atoms with E-state index in [0.29, 0.717) is 5.56 Å². The normalized spacial score (nSPS) is 25.4. The van der Waals surface area contributed by atoms with Crippen LogP contribution in [-0.4, -0.2) is 115 Å². The lowest BCUT2D eigenvalue weighted by Crippen LogP contribution is -2.56. The van der Waals surface area contributed by atoms with Gasteiger partial charge in [-0.15, -0.1) is 0 Å². The number of aromatic amines is 1. The highest BCUT2D eigenvalue weighted by molar-refractivity contribution is 7.48. The first-order chi connectivity index (χ1) is 30.3. The molecule has 1 aromatic carbocycles.